The number of anilines is 1. The van der Waals surface area contributed by atoms with Gasteiger partial charge >= 0.3 is 0 Å². The summed E-state index contributed by atoms with van der Waals surface area (Å²) in [7, 11) is 0. The van der Waals surface area contributed by atoms with Gasteiger partial charge in [-0.25, -0.2) is 0 Å². The summed E-state index contributed by atoms with van der Waals surface area (Å²) >= 11 is 0. The molecule has 1 saturated heterocycles. The van der Waals surface area contributed by atoms with E-state index in [4.69, 9.17) is 0 Å². The van der Waals surface area contributed by atoms with Crippen LogP contribution in [0.2, 0.25) is 0 Å². The van der Waals surface area contributed by atoms with E-state index in [9.17, 15) is 0 Å². The van der Waals surface area contributed by atoms with Gasteiger partial charge in [-0.05, 0) is 56.5 Å². The van der Waals surface area contributed by atoms with Crippen LogP contribution in [0.1, 0.15) is 37.1 Å². The van der Waals surface area contributed by atoms with Crippen molar-refractivity contribution in [2.24, 2.45) is 0 Å². The lowest BCUT2D eigenvalue weighted by atomic mass is 10.0. The van der Waals surface area contributed by atoms with Crippen LogP contribution in [-0.2, 0) is 0 Å². The van der Waals surface area contributed by atoms with E-state index in [1.165, 1.54) is 5.56 Å². The smallest absolute Gasteiger partial charge is 0.148 e. The molecule has 2 aromatic rings. The minimum Gasteiger partial charge on any atom is -0.366 e. The normalized spacial score (nSPS) is 18.1. The summed E-state index contributed by atoms with van der Waals surface area (Å²) < 4.78 is 0. The molecule has 1 atom stereocenters. The van der Waals surface area contributed by atoms with Crippen LogP contribution in [0.15, 0.2) is 36.7 Å². The van der Waals surface area contributed by atoms with Crippen LogP contribution in [-0.4, -0.2) is 39.2 Å². The Bertz CT molecular complexity index is 576. The maximum atomic E-state index is 4.19. The number of likely N-dealkylation sites (tertiary alicyclic amines) is 1. The number of nitrogens with one attached hydrogen (secondary N) is 1. The third-order valence-electron chi connectivity index (χ3n) is 4.42. The van der Waals surface area contributed by atoms with E-state index in [0.717, 1.165) is 37.4 Å². The zero-order valence-corrected chi connectivity index (χ0v) is 13.2. The highest BCUT2D eigenvalue weighted by Crippen LogP contribution is 2.24. The number of nitrogens with zero attached hydrogens (tertiary/aromatic N) is 4. The fraction of sp³-hybridized carbons (Fsp3) is 0.471. The number of aromatic nitrogens is 3. The van der Waals surface area contributed by atoms with Gasteiger partial charge in [-0.2, -0.15) is 5.10 Å². The van der Waals surface area contributed by atoms with Crippen LogP contribution in [0.5, 0.6) is 0 Å². The van der Waals surface area contributed by atoms with Crippen LogP contribution < -0.4 is 5.32 Å². The SMILES string of the molecule is Cc1ccc(NC2CCN(C(C)c3ccncc3)CC2)nn1. The Labute approximate surface area is 131 Å². The van der Waals surface area contributed by atoms with E-state index >= 15 is 0 Å². The lowest BCUT2D eigenvalue weighted by Gasteiger charge is -2.36. The molecule has 1 aliphatic heterocycles. The molecule has 0 saturated carbocycles. The van der Waals surface area contributed by atoms with E-state index < -0.39 is 0 Å². The van der Waals surface area contributed by atoms with Gasteiger partial charge in [-0.3, -0.25) is 9.88 Å². The topological polar surface area (TPSA) is 53.9 Å². The number of aryl methyl sites for hydroxylation is 1. The molecule has 0 spiro atoms. The van der Waals surface area contributed by atoms with Crippen LogP contribution in [0, 0.1) is 6.92 Å². The van der Waals surface area contributed by atoms with Gasteiger partial charge in [-0.1, -0.05) is 0 Å². The van der Waals surface area contributed by atoms with Crippen LogP contribution in [0.3, 0.4) is 0 Å². The molecule has 1 N–H and O–H groups in total. The molecule has 0 radical (unpaired) electrons. The number of hydrogen-bond acceptors (Lipinski definition) is 5. The molecular formula is C17H23N5. The number of piperidine rings is 1. The van der Waals surface area contributed by atoms with Crippen LogP contribution >= 0.6 is 0 Å². The average molecular weight is 297 g/mol. The first-order valence-electron chi connectivity index (χ1n) is 7.93. The molecule has 5 nitrogen and oxygen atoms in total. The maximum Gasteiger partial charge on any atom is 0.148 e. The molecule has 1 unspecified atom stereocenters. The third-order valence-corrected chi connectivity index (χ3v) is 4.42. The van der Waals surface area contributed by atoms with Crippen molar-refractivity contribution in [3.63, 3.8) is 0 Å². The van der Waals surface area contributed by atoms with Gasteiger partial charge in [0.15, 0.2) is 0 Å². The molecule has 0 aliphatic carbocycles. The Morgan fingerprint density at radius 2 is 1.82 bits per heavy atom. The van der Waals surface area contributed by atoms with Crippen molar-refractivity contribution in [2.45, 2.75) is 38.8 Å². The minimum atomic E-state index is 0.447. The predicted octanol–water partition coefficient (Wildman–Crippen LogP) is 2.82. The van der Waals surface area contributed by atoms with Crippen molar-refractivity contribution in [3.8, 4) is 0 Å². The van der Waals surface area contributed by atoms with Gasteiger partial charge in [-0.15, -0.1) is 5.10 Å². The summed E-state index contributed by atoms with van der Waals surface area (Å²) in [5, 5.41) is 11.8. The Hall–Kier alpha value is -2.01. The van der Waals surface area contributed by atoms with Crippen molar-refractivity contribution in [1.29, 1.82) is 0 Å². The predicted molar refractivity (Wildman–Crippen MR) is 87.6 cm³/mol. The Morgan fingerprint density at radius 3 is 2.45 bits per heavy atom. The monoisotopic (exact) mass is 297 g/mol. The summed E-state index contributed by atoms with van der Waals surface area (Å²) in [4.78, 5) is 6.63. The second-order valence-electron chi connectivity index (χ2n) is 5.97. The molecule has 0 amide bonds. The molecule has 3 heterocycles. The van der Waals surface area contributed by atoms with Crippen molar-refractivity contribution in [1.82, 2.24) is 20.1 Å². The van der Waals surface area contributed by atoms with Gasteiger partial charge in [0.25, 0.3) is 0 Å². The second-order valence-corrected chi connectivity index (χ2v) is 5.97. The average Bonchev–Trinajstić information content (AvgIpc) is 2.58. The van der Waals surface area contributed by atoms with Crippen LogP contribution in [0.25, 0.3) is 0 Å². The number of hydrogen-bond donors (Lipinski definition) is 1. The molecular weight excluding hydrogens is 274 g/mol. The molecule has 0 aromatic carbocycles. The number of pyridine rings is 1. The minimum absolute atomic E-state index is 0.447. The first-order chi connectivity index (χ1) is 10.7. The molecule has 2 aromatic heterocycles. The highest BCUT2D eigenvalue weighted by molar-refractivity contribution is 5.34. The van der Waals surface area contributed by atoms with E-state index in [0.29, 0.717) is 12.1 Å². The zero-order valence-electron chi connectivity index (χ0n) is 13.2. The van der Waals surface area contributed by atoms with Crippen molar-refractivity contribution >= 4 is 5.82 Å². The molecule has 5 heteroatoms. The Kier molecular flexibility index (Phi) is 4.63. The van der Waals surface area contributed by atoms with E-state index in [2.05, 4.69) is 44.5 Å². The van der Waals surface area contributed by atoms with Gasteiger partial charge < -0.3 is 5.32 Å². The molecule has 116 valence electrons. The maximum absolute atomic E-state index is 4.19. The van der Waals surface area contributed by atoms with Gasteiger partial charge in [0.05, 0.1) is 5.69 Å². The fourth-order valence-corrected chi connectivity index (χ4v) is 2.97. The van der Waals surface area contributed by atoms with E-state index in [1.54, 1.807) is 0 Å². The summed E-state index contributed by atoms with van der Waals surface area (Å²) in [6.07, 6.45) is 6.00. The summed E-state index contributed by atoms with van der Waals surface area (Å²) in [6, 6.07) is 9.15. The lowest BCUT2D eigenvalue weighted by molar-refractivity contribution is 0.167. The van der Waals surface area contributed by atoms with Crippen molar-refractivity contribution in [2.75, 3.05) is 18.4 Å². The standard InChI is InChI=1S/C17H23N5/c1-13-3-4-17(21-20-13)19-16-7-11-22(12-8-16)14(2)15-5-9-18-10-6-15/h3-6,9-10,14,16H,7-8,11-12H2,1-2H3,(H,19,21). The fourth-order valence-electron chi connectivity index (χ4n) is 2.97. The third kappa shape index (κ3) is 3.60. The Balaban J connectivity index is 1.53. The first-order valence-corrected chi connectivity index (χ1v) is 7.93. The second kappa shape index (κ2) is 6.83. The van der Waals surface area contributed by atoms with E-state index in [1.807, 2.05) is 31.5 Å². The summed E-state index contributed by atoms with van der Waals surface area (Å²) in [6.45, 7) is 6.42. The van der Waals surface area contributed by atoms with Crippen LogP contribution in [0.4, 0.5) is 5.82 Å². The molecule has 3 rings (SSSR count). The summed E-state index contributed by atoms with van der Waals surface area (Å²) in [5.41, 5.74) is 2.29. The molecule has 22 heavy (non-hydrogen) atoms. The van der Waals surface area contributed by atoms with Gasteiger partial charge in [0.2, 0.25) is 0 Å². The lowest BCUT2D eigenvalue weighted by Crippen LogP contribution is -2.40. The molecule has 1 aliphatic rings. The summed E-state index contributed by atoms with van der Waals surface area (Å²) in [5.74, 6) is 0.881. The van der Waals surface area contributed by atoms with Gasteiger partial charge in [0, 0.05) is 37.6 Å². The highest BCUT2D eigenvalue weighted by atomic mass is 15.2. The van der Waals surface area contributed by atoms with Crippen molar-refractivity contribution < 1.29 is 0 Å². The highest BCUT2D eigenvalue weighted by Gasteiger charge is 2.23. The van der Waals surface area contributed by atoms with Crippen molar-refractivity contribution in [3.05, 3.63) is 47.9 Å². The Morgan fingerprint density at radius 1 is 1.09 bits per heavy atom. The first kappa shape index (κ1) is 14.9. The number of rotatable bonds is 4. The molecule has 1 fully saturated rings. The van der Waals surface area contributed by atoms with E-state index in [-0.39, 0.29) is 0 Å². The zero-order chi connectivity index (χ0) is 15.4. The molecule has 0 bridgehead atoms. The van der Waals surface area contributed by atoms with Gasteiger partial charge in [0.1, 0.15) is 5.82 Å². The largest absolute Gasteiger partial charge is 0.366 e. The quantitative estimate of drug-likeness (QED) is 0.940.